The molecule has 2 fully saturated rings. The van der Waals surface area contributed by atoms with E-state index in [1.54, 1.807) is 0 Å². The fourth-order valence-electron chi connectivity index (χ4n) is 2.98. The first kappa shape index (κ1) is 17.8. The van der Waals surface area contributed by atoms with E-state index in [1.807, 2.05) is 36.1 Å². The van der Waals surface area contributed by atoms with E-state index >= 15 is 0 Å². The second kappa shape index (κ2) is 7.06. The lowest BCUT2D eigenvalue weighted by Gasteiger charge is -2.24. The van der Waals surface area contributed by atoms with Gasteiger partial charge in [-0.05, 0) is 24.1 Å². The van der Waals surface area contributed by atoms with Crippen LogP contribution in [-0.4, -0.2) is 47.2 Å². The molecule has 0 spiro atoms. The molecular weight excluding hydrogens is 368 g/mol. The maximum atomic E-state index is 12.0. The van der Waals surface area contributed by atoms with Crippen LogP contribution in [0.25, 0.3) is 0 Å². The molecule has 2 aliphatic heterocycles. The first-order chi connectivity index (χ1) is 11.4. The second-order valence-electron chi connectivity index (χ2n) is 6.09. The van der Waals surface area contributed by atoms with Crippen LogP contribution in [0.5, 0.6) is 0 Å². The molecule has 1 aromatic rings. The van der Waals surface area contributed by atoms with E-state index in [1.165, 1.54) is 11.8 Å². The van der Waals surface area contributed by atoms with Gasteiger partial charge in [0.15, 0.2) is 15.0 Å². The molecule has 2 saturated heterocycles. The van der Waals surface area contributed by atoms with Crippen molar-refractivity contribution in [3.8, 4) is 0 Å². The summed E-state index contributed by atoms with van der Waals surface area (Å²) in [5.41, 5.74) is 1.01. The summed E-state index contributed by atoms with van der Waals surface area (Å²) in [6, 6.07) is 7.32. The Balaban J connectivity index is 1.86. The van der Waals surface area contributed by atoms with Gasteiger partial charge in [-0.3, -0.25) is 4.79 Å². The molecule has 3 rings (SSSR count). The number of rotatable bonds is 4. The van der Waals surface area contributed by atoms with E-state index in [2.05, 4.69) is 4.99 Å². The Bertz CT molecular complexity index is 762. The molecule has 0 unspecified atom stereocenters. The van der Waals surface area contributed by atoms with E-state index in [0.29, 0.717) is 23.2 Å². The Labute approximate surface area is 151 Å². The van der Waals surface area contributed by atoms with Crippen molar-refractivity contribution in [1.82, 2.24) is 4.90 Å². The number of nitrogens with zero attached hydrogens (tertiary/aromatic N) is 2. The normalized spacial score (nSPS) is 26.8. The van der Waals surface area contributed by atoms with Crippen molar-refractivity contribution in [3.63, 3.8) is 0 Å². The molecule has 0 bridgehead atoms. The first-order valence-electron chi connectivity index (χ1n) is 7.87. The SMILES string of the molecule is CCCC(=O)N=C1S[C@H]2CS(=O)(=O)C[C@H]2N1Cc1ccc(Cl)cc1. The van der Waals surface area contributed by atoms with E-state index in [0.717, 1.165) is 12.0 Å². The van der Waals surface area contributed by atoms with Gasteiger partial charge in [0.2, 0.25) is 5.91 Å². The molecular formula is C16H19ClN2O3S2. The van der Waals surface area contributed by atoms with Crippen molar-refractivity contribution in [2.45, 2.75) is 37.6 Å². The van der Waals surface area contributed by atoms with Gasteiger partial charge in [-0.25, -0.2) is 8.42 Å². The van der Waals surface area contributed by atoms with E-state index in [-0.39, 0.29) is 28.7 Å². The topological polar surface area (TPSA) is 66.8 Å². The molecule has 24 heavy (non-hydrogen) atoms. The number of thioether (sulfide) groups is 1. The summed E-state index contributed by atoms with van der Waals surface area (Å²) in [6.07, 6.45) is 1.16. The zero-order valence-electron chi connectivity index (χ0n) is 13.3. The summed E-state index contributed by atoms with van der Waals surface area (Å²) in [4.78, 5) is 18.1. The fraction of sp³-hybridized carbons (Fsp3) is 0.500. The van der Waals surface area contributed by atoms with Crippen LogP contribution in [0, 0.1) is 0 Å². The highest BCUT2D eigenvalue weighted by atomic mass is 35.5. The van der Waals surface area contributed by atoms with Crippen molar-refractivity contribution in [3.05, 3.63) is 34.9 Å². The van der Waals surface area contributed by atoms with Gasteiger partial charge in [-0.15, -0.1) is 0 Å². The Hall–Kier alpha value is -1.05. The Morgan fingerprint density at radius 2 is 2.04 bits per heavy atom. The summed E-state index contributed by atoms with van der Waals surface area (Å²) in [5.74, 6) is 0.128. The third-order valence-electron chi connectivity index (χ3n) is 4.13. The van der Waals surface area contributed by atoms with E-state index < -0.39 is 9.84 Å². The number of amides is 1. The second-order valence-corrected chi connectivity index (χ2v) is 9.89. The molecule has 1 aromatic carbocycles. The van der Waals surface area contributed by atoms with Gasteiger partial charge in [-0.1, -0.05) is 42.4 Å². The molecule has 0 N–H and O–H groups in total. The summed E-state index contributed by atoms with van der Waals surface area (Å²) in [6.45, 7) is 2.46. The largest absolute Gasteiger partial charge is 0.342 e. The standard InChI is InChI=1S/C16H19ClN2O3S2/c1-2-3-15(20)18-16-19(8-11-4-6-12(17)7-5-11)13-9-24(21,22)10-14(13)23-16/h4-7,13-14H,2-3,8-10H2,1H3/t13-,14+/m1/s1. The van der Waals surface area contributed by atoms with Gasteiger partial charge in [0.1, 0.15) is 0 Å². The number of amidine groups is 1. The van der Waals surface area contributed by atoms with Crippen molar-refractivity contribution in [2.75, 3.05) is 11.5 Å². The number of carbonyl (C=O) groups excluding carboxylic acids is 1. The maximum absolute atomic E-state index is 12.0. The third-order valence-corrected chi connectivity index (χ3v) is 7.62. The number of hydrogen-bond acceptors (Lipinski definition) is 4. The fourth-order valence-corrected chi connectivity index (χ4v) is 7.08. The van der Waals surface area contributed by atoms with Crippen molar-refractivity contribution >= 4 is 44.3 Å². The number of hydrogen-bond donors (Lipinski definition) is 0. The van der Waals surface area contributed by atoms with Crippen LogP contribution in [0.4, 0.5) is 0 Å². The molecule has 5 nitrogen and oxygen atoms in total. The lowest BCUT2D eigenvalue weighted by Crippen LogP contribution is -2.37. The van der Waals surface area contributed by atoms with Gasteiger partial charge in [-0.2, -0.15) is 4.99 Å². The summed E-state index contributed by atoms with van der Waals surface area (Å²) < 4.78 is 23.9. The molecule has 2 aliphatic rings. The summed E-state index contributed by atoms with van der Waals surface area (Å²) in [5, 5.41) is 1.26. The predicted molar refractivity (Wildman–Crippen MR) is 98.2 cm³/mol. The van der Waals surface area contributed by atoms with Crippen molar-refractivity contribution < 1.29 is 13.2 Å². The summed E-state index contributed by atoms with van der Waals surface area (Å²) in [7, 11) is -3.02. The van der Waals surface area contributed by atoms with Crippen LogP contribution in [0.15, 0.2) is 29.3 Å². The zero-order valence-corrected chi connectivity index (χ0v) is 15.7. The molecule has 0 aliphatic carbocycles. The molecule has 2 atom stereocenters. The molecule has 0 saturated carbocycles. The molecule has 130 valence electrons. The molecule has 0 radical (unpaired) electrons. The van der Waals surface area contributed by atoms with Gasteiger partial charge in [0.25, 0.3) is 0 Å². The van der Waals surface area contributed by atoms with Crippen LogP contribution >= 0.6 is 23.4 Å². The first-order valence-corrected chi connectivity index (χ1v) is 11.0. The van der Waals surface area contributed by atoms with Crippen molar-refractivity contribution in [2.24, 2.45) is 4.99 Å². The minimum atomic E-state index is -3.02. The third kappa shape index (κ3) is 3.95. The highest BCUT2D eigenvalue weighted by Crippen LogP contribution is 2.39. The van der Waals surface area contributed by atoms with Crippen LogP contribution in [0.1, 0.15) is 25.3 Å². The van der Waals surface area contributed by atoms with E-state index in [9.17, 15) is 13.2 Å². The predicted octanol–water partition coefficient (Wildman–Crippen LogP) is 2.74. The zero-order chi connectivity index (χ0) is 17.3. The van der Waals surface area contributed by atoms with Gasteiger partial charge >= 0.3 is 0 Å². The van der Waals surface area contributed by atoms with Crippen LogP contribution in [0.3, 0.4) is 0 Å². The van der Waals surface area contributed by atoms with Crippen LogP contribution in [-0.2, 0) is 21.2 Å². The quantitative estimate of drug-likeness (QED) is 0.795. The average Bonchev–Trinajstić information content (AvgIpc) is 2.95. The monoisotopic (exact) mass is 386 g/mol. The molecule has 0 aromatic heterocycles. The minimum Gasteiger partial charge on any atom is -0.342 e. The Morgan fingerprint density at radius 3 is 2.71 bits per heavy atom. The number of aliphatic imine (C=N–C) groups is 1. The van der Waals surface area contributed by atoms with Crippen molar-refractivity contribution in [1.29, 1.82) is 0 Å². The highest BCUT2D eigenvalue weighted by Gasteiger charge is 2.48. The minimum absolute atomic E-state index is 0.0459. The van der Waals surface area contributed by atoms with Gasteiger partial charge in [0.05, 0.1) is 17.5 Å². The Morgan fingerprint density at radius 1 is 1.33 bits per heavy atom. The number of halogens is 1. The lowest BCUT2D eigenvalue weighted by atomic mass is 10.1. The summed E-state index contributed by atoms with van der Waals surface area (Å²) >= 11 is 7.34. The van der Waals surface area contributed by atoms with Gasteiger partial charge in [0, 0.05) is 23.2 Å². The number of carbonyl (C=O) groups is 1. The lowest BCUT2D eigenvalue weighted by molar-refractivity contribution is -0.117. The van der Waals surface area contributed by atoms with Crippen LogP contribution in [0.2, 0.25) is 5.02 Å². The highest BCUT2D eigenvalue weighted by molar-refractivity contribution is 8.15. The molecule has 1 amide bonds. The smallest absolute Gasteiger partial charge is 0.248 e. The van der Waals surface area contributed by atoms with Crippen LogP contribution < -0.4 is 0 Å². The van der Waals surface area contributed by atoms with E-state index in [4.69, 9.17) is 11.6 Å². The molecule has 8 heteroatoms. The average molecular weight is 387 g/mol. The number of benzene rings is 1. The maximum Gasteiger partial charge on any atom is 0.248 e. The number of fused-ring (bicyclic) bond motifs is 1. The Kier molecular flexibility index (Phi) is 5.22. The molecule has 2 heterocycles. The van der Waals surface area contributed by atoms with Gasteiger partial charge < -0.3 is 4.90 Å². The number of sulfone groups is 1.